The standard InChI is InChI=1S/C13H14F3N3O4S.C11H15N3O3S.2CH4/c1-17-24(22,23)10-4-2-9(3-5-10)19-7-6-18(8-11(19)20)12(21)13(14,15)16;1-12-18(16,17)10-4-2-9(3-5-10)14-7-6-13-8-11(14)15;;/h2-5,17H,6-8H2,1H3;2-5,12-13H,6-8H2,1H3;2*1H4. The molecule has 0 bridgehead atoms. The van der Waals surface area contributed by atoms with Crippen molar-refractivity contribution in [1.29, 1.82) is 0 Å². The van der Waals surface area contributed by atoms with Crippen LogP contribution in [0.4, 0.5) is 24.5 Å². The van der Waals surface area contributed by atoms with Gasteiger partial charge in [-0.3, -0.25) is 14.4 Å². The molecule has 3 amide bonds. The number of alkyl halides is 3. The van der Waals surface area contributed by atoms with Crippen molar-refractivity contribution >= 4 is 49.1 Å². The van der Waals surface area contributed by atoms with Crippen molar-refractivity contribution in [3.05, 3.63) is 48.5 Å². The summed E-state index contributed by atoms with van der Waals surface area (Å²) in [6, 6.07) is 11.6. The predicted molar refractivity (Wildman–Crippen MR) is 159 cm³/mol. The van der Waals surface area contributed by atoms with E-state index in [1.54, 1.807) is 17.0 Å². The van der Waals surface area contributed by atoms with Crippen molar-refractivity contribution in [2.24, 2.45) is 0 Å². The van der Waals surface area contributed by atoms with Crippen LogP contribution in [0.5, 0.6) is 0 Å². The maximum absolute atomic E-state index is 12.4. The summed E-state index contributed by atoms with van der Waals surface area (Å²) in [5.41, 5.74) is 1.06. The summed E-state index contributed by atoms with van der Waals surface area (Å²) in [5, 5.41) is 2.98. The van der Waals surface area contributed by atoms with E-state index in [1.165, 1.54) is 55.4 Å². The van der Waals surface area contributed by atoms with Crippen LogP contribution in [0.25, 0.3) is 0 Å². The number of anilines is 2. The van der Waals surface area contributed by atoms with Crippen molar-refractivity contribution in [3.63, 3.8) is 0 Å². The summed E-state index contributed by atoms with van der Waals surface area (Å²) in [6.07, 6.45) is -5.02. The molecule has 13 nitrogen and oxygen atoms in total. The van der Waals surface area contributed by atoms with Gasteiger partial charge in [0.05, 0.1) is 16.3 Å². The minimum absolute atomic E-state index is 0. The van der Waals surface area contributed by atoms with Gasteiger partial charge in [0, 0.05) is 37.6 Å². The number of hydrogen-bond acceptors (Lipinski definition) is 8. The van der Waals surface area contributed by atoms with Crippen LogP contribution in [0.1, 0.15) is 14.9 Å². The molecule has 2 aliphatic rings. The predicted octanol–water partition coefficient (Wildman–Crippen LogP) is 1.14. The maximum Gasteiger partial charge on any atom is 0.471 e. The Kier molecular flexibility index (Phi) is 13.5. The van der Waals surface area contributed by atoms with Gasteiger partial charge in [-0.15, -0.1) is 0 Å². The first-order valence-corrected chi connectivity index (χ1v) is 15.3. The monoisotopic (exact) mass is 666 g/mol. The quantitative estimate of drug-likeness (QED) is 0.413. The number of piperazine rings is 2. The van der Waals surface area contributed by atoms with E-state index in [1.807, 2.05) is 0 Å². The lowest BCUT2D eigenvalue weighted by atomic mass is 10.2. The molecule has 0 unspecified atom stereocenters. The summed E-state index contributed by atoms with van der Waals surface area (Å²) < 4.78 is 87.9. The Morgan fingerprint density at radius 1 is 0.750 bits per heavy atom. The Labute approximate surface area is 255 Å². The molecule has 18 heteroatoms. The summed E-state index contributed by atoms with van der Waals surface area (Å²) in [6.45, 7) is 0.587. The first-order chi connectivity index (χ1) is 19.6. The number of carbonyl (C=O) groups excluding carboxylic acids is 3. The lowest BCUT2D eigenvalue weighted by Crippen LogP contribution is -2.55. The van der Waals surface area contributed by atoms with Crippen LogP contribution in [-0.2, 0) is 34.4 Å². The Balaban J connectivity index is 0.000000436. The molecule has 0 aliphatic carbocycles. The normalized spacial score (nSPS) is 15.9. The van der Waals surface area contributed by atoms with E-state index in [0.717, 1.165) is 12.2 Å². The fourth-order valence-corrected chi connectivity index (χ4v) is 5.48. The van der Waals surface area contributed by atoms with E-state index >= 15 is 0 Å². The molecule has 2 fully saturated rings. The fraction of sp³-hybridized carbons (Fsp3) is 0.423. The van der Waals surface area contributed by atoms with Gasteiger partial charge in [-0.2, -0.15) is 13.2 Å². The molecule has 0 atom stereocenters. The SMILES string of the molecule is C.C.CNS(=O)(=O)c1ccc(N2CCN(C(=O)C(F)(F)F)CC2=O)cc1.CNS(=O)(=O)c1ccc(N2CCNCC2=O)cc1. The third-order valence-electron chi connectivity index (χ3n) is 6.29. The number of hydrogen-bond donors (Lipinski definition) is 3. The van der Waals surface area contributed by atoms with Crippen molar-refractivity contribution < 1.29 is 44.4 Å². The number of rotatable bonds is 6. The second kappa shape index (κ2) is 15.4. The molecular weight excluding hydrogens is 629 g/mol. The second-order valence-corrected chi connectivity index (χ2v) is 12.7. The average molecular weight is 667 g/mol. The Hall–Kier alpha value is -3.58. The summed E-state index contributed by atoms with van der Waals surface area (Å²) in [5.74, 6) is -2.74. The highest BCUT2D eigenvalue weighted by Gasteiger charge is 2.44. The zero-order valence-corrected chi connectivity index (χ0v) is 24.1. The molecule has 0 saturated carbocycles. The molecule has 2 aliphatic heterocycles. The number of benzene rings is 2. The first kappa shape index (κ1) is 38.4. The highest BCUT2D eigenvalue weighted by Crippen LogP contribution is 2.23. The highest BCUT2D eigenvalue weighted by molar-refractivity contribution is 7.89. The van der Waals surface area contributed by atoms with E-state index in [0.29, 0.717) is 23.7 Å². The number of amides is 3. The summed E-state index contributed by atoms with van der Waals surface area (Å²) in [7, 11) is -4.43. The molecule has 246 valence electrons. The molecule has 0 aromatic heterocycles. The van der Waals surface area contributed by atoms with Crippen molar-refractivity contribution in [2.45, 2.75) is 30.8 Å². The zero-order valence-electron chi connectivity index (χ0n) is 22.5. The van der Waals surface area contributed by atoms with Gasteiger partial charge in [-0.1, -0.05) is 14.9 Å². The second-order valence-electron chi connectivity index (χ2n) is 8.89. The fourth-order valence-electron chi connectivity index (χ4n) is 4.02. The Morgan fingerprint density at radius 3 is 1.55 bits per heavy atom. The molecule has 3 N–H and O–H groups in total. The van der Waals surface area contributed by atoms with Gasteiger partial charge in [0.2, 0.25) is 31.9 Å². The van der Waals surface area contributed by atoms with Crippen molar-refractivity contribution in [1.82, 2.24) is 19.7 Å². The van der Waals surface area contributed by atoms with Crippen LogP contribution in [0.15, 0.2) is 58.3 Å². The molecule has 2 heterocycles. The third kappa shape index (κ3) is 9.21. The minimum atomic E-state index is -5.02. The first-order valence-electron chi connectivity index (χ1n) is 12.4. The van der Waals surface area contributed by atoms with Gasteiger partial charge in [-0.25, -0.2) is 26.3 Å². The summed E-state index contributed by atoms with van der Waals surface area (Å²) >= 11 is 0. The number of nitrogens with zero attached hydrogens (tertiary/aromatic N) is 3. The van der Waals surface area contributed by atoms with E-state index in [9.17, 15) is 44.4 Å². The third-order valence-corrected chi connectivity index (χ3v) is 9.16. The molecular formula is C26H37F3N6O7S2. The number of nitrogens with one attached hydrogen (secondary N) is 3. The molecule has 2 aromatic carbocycles. The van der Waals surface area contributed by atoms with Gasteiger partial charge in [0.25, 0.3) is 0 Å². The number of sulfonamides is 2. The molecule has 0 radical (unpaired) electrons. The molecule has 2 aromatic rings. The van der Waals surface area contributed by atoms with E-state index < -0.39 is 44.6 Å². The van der Waals surface area contributed by atoms with Crippen LogP contribution < -0.4 is 24.6 Å². The minimum Gasteiger partial charge on any atom is -0.324 e. The zero-order chi connectivity index (χ0) is 31.3. The maximum atomic E-state index is 12.4. The van der Waals surface area contributed by atoms with Crippen LogP contribution in [0.3, 0.4) is 0 Å². The topological polar surface area (TPSA) is 165 Å². The van der Waals surface area contributed by atoms with E-state index in [2.05, 4.69) is 14.8 Å². The largest absolute Gasteiger partial charge is 0.471 e. The Bertz CT molecular complexity index is 1520. The van der Waals surface area contributed by atoms with Crippen LogP contribution >= 0.6 is 0 Å². The number of halogens is 3. The van der Waals surface area contributed by atoms with Crippen molar-refractivity contribution in [3.8, 4) is 0 Å². The lowest BCUT2D eigenvalue weighted by molar-refractivity contribution is -0.186. The molecule has 4 rings (SSSR count). The van der Waals surface area contributed by atoms with Crippen LogP contribution in [0, 0.1) is 0 Å². The lowest BCUT2D eigenvalue weighted by Gasteiger charge is -2.34. The van der Waals surface area contributed by atoms with Gasteiger partial charge >= 0.3 is 12.1 Å². The smallest absolute Gasteiger partial charge is 0.324 e. The van der Waals surface area contributed by atoms with Crippen LogP contribution in [0.2, 0.25) is 0 Å². The number of carbonyl (C=O) groups is 3. The van der Waals surface area contributed by atoms with Gasteiger partial charge < -0.3 is 20.0 Å². The van der Waals surface area contributed by atoms with Gasteiger partial charge in [0.1, 0.15) is 6.54 Å². The average Bonchev–Trinajstić information content (AvgIpc) is 2.97. The highest BCUT2D eigenvalue weighted by atomic mass is 32.2. The molecule has 2 saturated heterocycles. The molecule has 0 spiro atoms. The Morgan fingerprint density at radius 2 is 1.18 bits per heavy atom. The summed E-state index contributed by atoms with van der Waals surface area (Å²) in [4.78, 5) is 38.3. The van der Waals surface area contributed by atoms with Gasteiger partial charge in [-0.05, 0) is 62.6 Å². The van der Waals surface area contributed by atoms with E-state index in [-0.39, 0.29) is 43.6 Å². The van der Waals surface area contributed by atoms with Gasteiger partial charge in [0.15, 0.2) is 0 Å². The van der Waals surface area contributed by atoms with E-state index in [4.69, 9.17) is 0 Å². The molecule has 44 heavy (non-hydrogen) atoms. The van der Waals surface area contributed by atoms with Crippen molar-refractivity contribution in [2.75, 3.05) is 63.2 Å². The van der Waals surface area contributed by atoms with Crippen LogP contribution in [-0.4, -0.2) is 99.0 Å².